The molecule has 0 aromatic heterocycles. The van der Waals surface area contributed by atoms with Crippen LogP contribution in [0.3, 0.4) is 0 Å². The van der Waals surface area contributed by atoms with Crippen molar-refractivity contribution >= 4 is 0 Å². The molecule has 2 nitrogen and oxygen atoms in total. The molecule has 2 N–H and O–H groups in total. The predicted octanol–water partition coefficient (Wildman–Crippen LogP) is 3.30. The van der Waals surface area contributed by atoms with Crippen LogP contribution in [0.15, 0.2) is 0 Å². The molecule has 0 bridgehead atoms. The van der Waals surface area contributed by atoms with Crippen LogP contribution in [0.2, 0.25) is 0 Å². The molecular formula is C15H30N2. The SMILES string of the molecule is CC1CCCCCN1CCC1(N)CCCCC1. The van der Waals surface area contributed by atoms with Gasteiger partial charge in [-0.25, -0.2) is 0 Å². The molecule has 1 unspecified atom stereocenters. The largest absolute Gasteiger partial charge is 0.325 e. The number of rotatable bonds is 3. The maximum Gasteiger partial charge on any atom is 0.0166 e. The van der Waals surface area contributed by atoms with Gasteiger partial charge in [-0.3, -0.25) is 0 Å². The fourth-order valence-electron chi connectivity index (χ4n) is 3.54. The summed E-state index contributed by atoms with van der Waals surface area (Å²) in [7, 11) is 0. The van der Waals surface area contributed by atoms with E-state index in [1.54, 1.807) is 0 Å². The van der Waals surface area contributed by atoms with Crippen molar-refractivity contribution in [1.29, 1.82) is 0 Å². The Kier molecular flexibility index (Phi) is 4.87. The van der Waals surface area contributed by atoms with E-state index < -0.39 is 0 Å². The van der Waals surface area contributed by atoms with Crippen LogP contribution in [0.5, 0.6) is 0 Å². The van der Waals surface area contributed by atoms with E-state index in [4.69, 9.17) is 5.73 Å². The molecule has 1 atom stereocenters. The molecule has 1 aliphatic heterocycles. The lowest BCUT2D eigenvalue weighted by molar-refractivity contribution is 0.173. The maximum absolute atomic E-state index is 6.53. The van der Waals surface area contributed by atoms with Crippen molar-refractivity contribution in [2.24, 2.45) is 5.73 Å². The average molecular weight is 238 g/mol. The second kappa shape index (κ2) is 6.19. The predicted molar refractivity (Wildman–Crippen MR) is 74.1 cm³/mol. The third-order valence-corrected chi connectivity index (χ3v) is 4.94. The van der Waals surface area contributed by atoms with Gasteiger partial charge in [-0.05, 0) is 45.6 Å². The standard InChI is InChI=1S/C15H30N2/c1-14-8-4-2-7-12-17(14)13-11-15(16)9-5-3-6-10-15/h14H,2-13,16H2,1H3. The first-order valence-corrected chi connectivity index (χ1v) is 7.73. The van der Waals surface area contributed by atoms with Gasteiger partial charge in [0, 0.05) is 18.1 Å². The zero-order valence-electron chi connectivity index (χ0n) is 11.6. The average Bonchev–Trinajstić information content (AvgIpc) is 2.53. The van der Waals surface area contributed by atoms with Crippen LogP contribution in [0.25, 0.3) is 0 Å². The molecule has 0 radical (unpaired) electrons. The highest BCUT2D eigenvalue weighted by Gasteiger charge is 2.28. The number of hydrogen-bond donors (Lipinski definition) is 1. The van der Waals surface area contributed by atoms with E-state index >= 15 is 0 Å². The third-order valence-electron chi connectivity index (χ3n) is 4.94. The fourth-order valence-corrected chi connectivity index (χ4v) is 3.54. The summed E-state index contributed by atoms with van der Waals surface area (Å²) in [5, 5.41) is 0. The number of hydrogen-bond acceptors (Lipinski definition) is 2. The Morgan fingerprint density at radius 3 is 2.53 bits per heavy atom. The van der Waals surface area contributed by atoms with Crippen molar-refractivity contribution < 1.29 is 0 Å². The van der Waals surface area contributed by atoms with E-state index in [-0.39, 0.29) is 5.54 Å². The summed E-state index contributed by atoms with van der Waals surface area (Å²) in [6.45, 7) is 4.93. The van der Waals surface area contributed by atoms with Crippen LogP contribution in [0.4, 0.5) is 0 Å². The maximum atomic E-state index is 6.53. The van der Waals surface area contributed by atoms with Gasteiger partial charge in [0.25, 0.3) is 0 Å². The van der Waals surface area contributed by atoms with Gasteiger partial charge in [-0.15, -0.1) is 0 Å². The van der Waals surface area contributed by atoms with E-state index in [9.17, 15) is 0 Å². The van der Waals surface area contributed by atoms with Crippen molar-refractivity contribution in [3.05, 3.63) is 0 Å². The molecule has 1 saturated carbocycles. The first-order chi connectivity index (χ1) is 8.20. The third kappa shape index (κ3) is 3.96. The van der Waals surface area contributed by atoms with Crippen molar-refractivity contribution in [2.45, 2.75) is 82.7 Å². The topological polar surface area (TPSA) is 29.3 Å². The molecule has 1 heterocycles. The zero-order chi connectivity index (χ0) is 12.1. The summed E-state index contributed by atoms with van der Waals surface area (Å²) >= 11 is 0. The number of likely N-dealkylation sites (tertiary alicyclic amines) is 1. The smallest absolute Gasteiger partial charge is 0.0166 e. The monoisotopic (exact) mass is 238 g/mol. The van der Waals surface area contributed by atoms with E-state index in [1.165, 1.54) is 77.3 Å². The van der Waals surface area contributed by atoms with Crippen molar-refractivity contribution in [2.75, 3.05) is 13.1 Å². The molecule has 0 aromatic rings. The molecule has 100 valence electrons. The quantitative estimate of drug-likeness (QED) is 0.817. The van der Waals surface area contributed by atoms with Gasteiger partial charge >= 0.3 is 0 Å². The van der Waals surface area contributed by atoms with Crippen LogP contribution in [-0.2, 0) is 0 Å². The van der Waals surface area contributed by atoms with Gasteiger partial charge in [0.05, 0.1) is 0 Å². The first kappa shape index (κ1) is 13.4. The molecule has 2 rings (SSSR count). The van der Waals surface area contributed by atoms with E-state index in [1.807, 2.05) is 0 Å². The summed E-state index contributed by atoms with van der Waals surface area (Å²) in [4.78, 5) is 2.69. The normalized spacial score (nSPS) is 31.1. The Morgan fingerprint density at radius 2 is 1.76 bits per heavy atom. The minimum Gasteiger partial charge on any atom is -0.325 e. The number of nitrogens with two attached hydrogens (primary N) is 1. The summed E-state index contributed by atoms with van der Waals surface area (Å²) < 4.78 is 0. The van der Waals surface area contributed by atoms with Crippen LogP contribution >= 0.6 is 0 Å². The molecule has 1 aliphatic carbocycles. The lowest BCUT2D eigenvalue weighted by Gasteiger charge is -2.36. The molecule has 0 amide bonds. The Morgan fingerprint density at radius 1 is 1.06 bits per heavy atom. The van der Waals surface area contributed by atoms with Gasteiger partial charge in [0.2, 0.25) is 0 Å². The minimum atomic E-state index is 0.171. The number of nitrogens with zero attached hydrogens (tertiary/aromatic N) is 1. The highest BCUT2D eigenvalue weighted by atomic mass is 15.1. The Balaban J connectivity index is 1.79. The lowest BCUT2D eigenvalue weighted by Crippen LogP contribution is -2.46. The van der Waals surface area contributed by atoms with Crippen LogP contribution in [0.1, 0.15) is 71.1 Å². The molecule has 17 heavy (non-hydrogen) atoms. The molecule has 1 saturated heterocycles. The molecule has 2 fully saturated rings. The summed E-state index contributed by atoms with van der Waals surface area (Å²) in [5.41, 5.74) is 6.70. The highest BCUT2D eigenvalue weighted by Crippen LogP contribution is 2.29. The van der Waals surface area contributed by atoms with E-state index in [0.29, 0.717) is 0 Å². The van der Waals surface area contributed by atoms with Gasteiger partial charge in [-0.2, -0.15) is 0 Å². The van der Waals surface area contributed by atoms with Gasteiger partial charge in [0.15, 0.2) is 0 Å². The second-order valence-electron chi connectivity index (χ2n) is 6.41. The van der Waals surface area contributed by atoms with Crippen molar-refractivity contribution in [1.82, 2.24) is 4.90 Å². The lowest BCUT2D eigenvalue weighted by atomic mass is 9.80. The van der Waals surface area contributed by atoms with Crippen molar-refractivity contribution in [3.8, 4) is 0 Å². The fraction of sp³-hybridized carbons (Fsp3) is 1.00. The summed E-state index contributed by atoms with van der Waals surface area (Å²) in [6.07, 6.45) is 13.5. The minimum absolute atomic E-state index is 0.171. The Hall–Kier alpha value is -0.0800. The Labute approximate surface area is 107 Å². The summed E-state index contributed by atoms with van der Waals surface area (Å²) in [6, 6.07) is 0.782. The summed E-state index contributed by atoms with van der Waals surface area (Å²) in [5.74, 6) is 0. The van der Waals surface area contributed by atoms with E-state index in [2.05, 4.69) is 11.8 Å². The van der Waals surface area contributed by atoms with Crippen LogP contribution in [0, 0.1) is 0 Å². The molecule has 0 spiro atoms. The Bertz CT molecular complexity index is 221. The van der Waals surface area contributed by atoms with Crippen LogP contribution in [-0.4, -0.2) is 29.6 Å². The molecule has 0 aromatic carbocycles. The van der Waals surface area contributed by atoms with Gasteiger partial charge in [-0.1, -0.05) is 32.1 Å². The van der Waals surface area contributed by atoms with Crippen LogP contribution < -0.4 is 5.73 Å². The molecular weight excluding hydrogens is 208 g/mol. The van der Waals surface area contributed by atoms with Gasteiger partial charge in [0.1, 0.15) is 0 Å². The first-order valence-electron chi connectivity index (χ1n) is 7.73. The highest BCUT2D eigenvalue weighted by molar-refractivity contribution is 4.88. The van der Waals surface area contributed by atoms with Crippen molar-refractivity contribution in [3.63, 3.8) is 0 Å². The molecule has 2 heteroatoms. The zero-order valence-corrected chi connectivity index (χ0v) is 11.6. The van der Waals surface area contributed by atoms with Gasteiger partial charge < -0.3 is 10.6 Å². The van der Waals surface area contributed by atoms with E-state index in [0.717, 1.165) is 6.04 Å². The second-order valence-corrected chi connectivity index (χ2v) is 6.41. The molecule has 2 aliphatic rings.